The molecule has 0 rings (SSSR count). The molecule has 0 fully saturated rings. The normalized spacial score (nSPS) is 14.4. The molecule has 0 saturated heterocycles. The zero-order valence-electron chi connectivity index (χ0n) is 8.64. The van der Waals surface area contributed by atoms with E-state index >= 15 is 0 Å². The molecule has 0 saturated carbocycles. The molecule has 0 aliphatic heterocycles. The molecule has 0 bridgehead atoms. The monoisotopic (exact) mass is 250 g/mol. The van der Waals surface area contributed by atoms with Crippen molar-refractivity contribution in [3.63, 3.8) is 0 Å². The van der Waals surface area contributed by atoms with Gasteiger partial charge in [-0.25, -0.2) is 8.78 Å². The summed E-state index contributed by atoms with van der Waals surface area (Å²) in [6, 6.07) is 0. The van der Waals surface area contributed by atoms with E-state index in [4.69, 9.17) is 0 Å². The summed E-state index contributed by atoms with van der Waals surface area (Å²) in [5, 5.41) is 9.18. The number of alkyl halides is 5. The van der Waals surface area contributed by atoms with Crippen LogP contribution in [-0.4, -0.2) is 37.0 Å². The summed E-state index contributed by atoms with van der Waals surface area (Å²) in [4.78, 5) is 0. The fraction of sp³-hybridized carbons (Fsp3) is 1.00. The summed E-state index contributed by atoms with van der Waals surface area (Å²) in [6.07, 6.45) is -8.75. The summed E-state index contributed by atoms with van der Waals surface area (Å²) < 4.78 is 62.8. The average Bonchev–Trinajstić information content (AvgIpc) is 2.10. The van der Waals surface area contributed by atoms with Crippen LogP contribution in [0.15, 0.2) is 0 Å². The Balaban J connectivity index is 3.35. The number of aliphatic hydroxyl groups excluding tert-OH is 1. The molecule has 2 nitrogen and oxygen atoms in total. The molecule has 0 heterocycles. The van der Waals surface area contributed by atoms with Crippen LogP contribution in [0.2, 0.25) is 0 Å². The molecule has 0 aromatic heterocycles. The fourth-order valence-electron chi connectivity index (χ4n) is 1.07. The van der Waals surface area contributed by atoms with Gasteiger partial charge in [0.1, 0.15) is 6.61 Å². The maximum Gasteiger partial charge on any atom is 0.389 e. The van der Waals surface area contributed by atoms with E-state index < -0.39 is 31.7 Å². The lowest BCUT2D eigenvalue weighted by molar-refractivity contribution is -0.136. The minimum atomic E-state index is -4.22. The van der Waals surface area contributed by atoms with Gasteiger partial charge in [-0.1, -0.05) is 0 Å². The maximum atomic E-state index is 11.7. The summed E-state index contributed by atoms with van der Waals surface area (Å²) in [5.74, 6) is 0. The van der Waals surface area contributed by atoms with Crippen LogP contribution in [0.5, 0.6) is 0 Å². The van der Waals surface area contributed by atoms with Crippen molar-refractivity contribution >= 4 is 0 Å². The van der Waals surface area contributed by atoms with Crippen LogP contribution < -0.4 is 0 Å². The molecule has 0 amide bonds. The first-order valence-corrected chi connectivity index (χ1v) is 4.92. The van der Waals surface area contributed by atoms with Gasteiger partial charge in [0.15, 0.2) is 0 Å². The second-order valence-electron chi connectivity index (χ2n) is 3.42. The second-order valence-corrected chi connectivity index (χ2v) is 3.42. The highest BCUT2D eigenvalue weighted by Crippen LogP contribution is 2.22. The van der Waals surface area contributed by atoms with Crippen LogP contribution in [0.25, 0.3) is 0 Å². The first-order chi connectivity index (χ1) is 7.31. The molecular weight excluding hydrogens is 235 g/mol. The molecule has 0 aromatic carbocycles. The number of halogens is 5. The standard InChI is InChI=1S/C9H15F5O2/c10-8(11)6-16-5-3-7(15)2-1-4-9(12,13)14/h7-8,15H,1-6H2. The summed E-state index contributed by atoms with van der Waals surface area (Å²) in [7, 11) is 0. The molecule has 7 heteroatoms. The molecule has 0 aliphatic rings. The van der Waals surface area contributed by atoms with Crippen molar-refractivity contribution in [1.29, 1.82) is 0 Å². The average molecular weight is 250 g/mol. The van der Waals surface area contributed by atoms with Gasteiger partial charge in [-0.3, -0.25) is 0 Å². The van der Waals surface area contributed by atoms with E-state index in [2.05, 4.69) is 4.74 Å². The van der Waals surface area contributed by atoms with Crippen LogP contribution in [0.4, 0.5) is 22.0 Å². The predicted molar refractivity (Wildman–Crippen MR) is 47.4 cm³/mol. The van der Waals surface area contributed by atoms with E-state index in [1.165, 1.54) is 0 Å². The van der Waals surface area contributed by atoms with E-state index in [-0.39, 0.29) is 25.9 Å². The molecule has 0 aliphatic carbocycles. The van der Waals surface area contributed by atoms with Crippen LogP contribution in [0, 0.1) is 0 Å². The molecule has 16 heavy (non-hydrogen) atoms. The number of aliphatic hydroxyl groups is 1. The fourth-order valence-corrected chi connectivity index (χ4v) is 1.07. The molecular formula is C9H15F5O2. The highest BCUT2D eigenvalue weighted by molar-refractivity contribution is 4.58. The molecule has 98 valence electrons. The predicted octanol–water partition coefficient (Wildman–Crippen LogP) is 2.75. The van der Waals surface area contributed by atoms with Gasteiger partial charge in [0.25, 0.3) is 6.43 Å². The lowest BCUT2D eigenvalue weighted by Crippen LogP contribution is -2.14. The van der Waals surface area contributed by atoms with E-state index in [1.807, 2.05) is 0 Å². The Morgan fingerprint density at radius 2 is 1.75 bits per heavy atom. The molecule has 1 N–H and O–H groups in total. The minimum Gasteiger partial charge on any atom is -0.393 e. The summed E-state index contributed by atoms with van der Waals surface area (Å²) in [6.45, 7) is -0.785. The van der Waals surface area contributed by atoms with Crippen LogP contribution in [-0.2, 0) is 4.74 Å². The number of ether oxygens (including phenoxy) is 1. The van der Waals surface area contributed by atoms with Gasteiger partial charge in [-0.2, -0.15) is 13.2 Å². The third-order valence-electron chi connectivity index (χ3n) is 1.84. The van der Waals surface area contributed by atoms with Crippen molar-refractivity contribution < 1.29 is 31.8 Å². The Labute approximate surface area is 90.4 Å². The highest BCUT2D eigenvalue weighted by Gasteiger charge is 2.26. The van der Waals surface area contributed by atoms with Gasteiger partial charge >= 0.3 is 6.18 Å². The Kier molecular flexibility index (Phi) is 7.57. The van der Waals surface area contributed by atoms with Crippen LogP contribution in [0.3, 0.4) is 0 Å². The van der Waals surface area contributed by atoms with Crippen molar-refractivity contribution in [2.24, 2.45) is 0 Å². The van der Waals surface area contributed by atoms with E-state index in [0.29, 0.717) is 0 Å². The summed E-state index contributed by atoms with van der Waals surface area (Å²) in [5.41, 5.74) is 0. The van der Waals surface area contributed by atoms with Gasteiger partial charge in [0, 0.05) is 13.0 Å². The Morgan fingerprint density at radius 1 is 1.12 bits per heavy atom. The van der Waals surface area contributed by atoms with E-state index in [9.17, 15) is 27.1 Å². The first kappa shape index (κ1) is 15.6. The van der Waals surface area contributed by atoms with Gasteiger partial charge in [0.2, 0.25) is 0 Å². The van der Waals surface area contributed by atoms with Gasteiger partial charge < -0.3 is 9.84 Å². The zero-order valence-corrected chi connectivity index (χ0v) is 8.64. The Bertz CT molecular complexity index is 172. The van der Waals surface area contributed by atoms with Crippen molar-refractivity contribution in [3.05, 3.63) is 0 Å². The highest BCUT2D eigenvalue weighted by atomic mass is 19.4. The number of hydrogen-bond donors (Lipinski definition) is 1. The number of hydrogen-bond acceptors (Lipinski definition) is 2. The maximum absolute atomic E-state index is 11.7. The third kappa shape index (κ3) is 11.6. The number of rotatable bonds is 8. The molecule has 0 aromatic rings. The topological polar surface area (TPSA) is 29.5 Å². The molecule has 0 spiro atoms. The van der Waals surface area contributed by atoms with Crippen LogP contribution >= 0.6 is 0 Å². The van der Waals surface area contributed by atoms with Gasteiger partial charge in [-0.15, -0.1) is 0 Å². The first-order valence-electron chi connectivity index (χ1n) is 4.92. The smallest absolute Gasteiger partial charge is 0.389 e. The molecule has 0 radical (unpaired) electrons. The lowest BCUT2D eigenvalue weighted by Gasteiger charge is -2.11. The van der Waals surface area contributed by atoms with Gasteiger partial charge in [-0.05, 0) is 19.3 Å². The van der Waals surface area contributed by atoms with Crippen molar-refractivity contribution in [2.75, 3.05) is 13.2 Å². The Hall–Kier alpha value is -0.430. The SMILES string of the molecule is OC(CCCC(F)(F)F)CCOCC(F)F. The van der Waals surface area contributed by atoms with Crippen molar-refractivity contribution in [2.45, 2.75) is 44.4 Å². The largest absolute Gasteiger partial charge is 0.393 e. The van der Waals surface area contributed by atoms with E-state index in [0.717, 1.165) is 0 Å². The second kappa shape index (κ2) is 7.78. The summed E-state index contributed by atoms with van der Waals surface area (Å²) >= 11 is 0. The molecule has 1 unspecified atom stereocenters. The van der Waals surface area contributed by atoms with Crippen molar-refractivity contribution in [1.82, 2.24) is 0 Å². The van der Waals surface area contributed by atoms with E-state index in [1.54, 1.807) is 0 Å². The third-order valence-corrected chi connectivity index (χ3v) is 1.84. The lowest BCUT2D eigenvalue weighted by atomic mass is 10.1. The van der Waals surface area contributed by atoms with Gasteiger partial charge in [0.05, 0.1) is 6.10 Å². The Morgan fingerprint density at radius 3 is 2.25 bits per heavy atom. The van der Waals surface area contributed by atoms with Crippen molar-refractivity contribution in [3.8, 4) is 0 Å². The quantitative estimate of drug-likeness (QED) is 0.530. The zero-order chi connectivity index (χ0) is 12.6. The minimum absolute atomic E-state index is 0.00243. The molecule has 1 atom stereocenters. The van der Waals surface area contributed by atoms with Crippen LogP contribution in [0.1, 0.15) is 25.7 Å².